The summed E-state index contributed by atoms with van der Waals surface area (Å²) in [5, 5.41) is 3.44. The van der Waals surface area contributed by atoms with Crippen molar-refractivity contribution in [2.45, 2.75) is 39.0 Å². The molecule has 1 fully saturated rings. The summed E-state index contributed by atoms with van der Waals surface area (Å²) < 4.78 is 5.46. The van der Waals surface area contributed by atoms with Gasteiger partial charge in [-0.15, -0.1) is 24.0 Å². The van der Waals surface area contributed by atoms with Crippen LogP contribution in [-0.2, 0) is 4.74 Å². The lowest BCUT2D eigenvalue weighted by Crippen LogP contribution is -2.40. The maximum Gasteiger partial charge on any atom is 0.193 e. The molecule has 160 valence electrons. The van der Waals surface area contributed by atoms with Crippen LogP contribution in [0.25, 0.3) is 0 Å². The van der Waals surface area contributed by atoms with Crippen molar-refractivity contribution >= 4 is 35.6 Å². The summed E-state index contributed by atoms with van der Waals surface area (Å²) in [6.07, 6.45) is 5.90. The van der Waals surface area contributed by atoms with Crippen LogP contribution >= 0.6 is 24.0 Å². The molecule has 0 radical (unpaired) electrons. The average Bonchev–Trinajstić information content (AvgIpc) is 2.72. The second-order valence-corrected chi connectivity index (χ2v) is 7.47. The summed E-state index contributed by atoms with van der Waals surface area (Å²) in [6.45, 7) is 7.92. The van der Waals surface area contributed by atoms with Crippen LogP contribution in [0.15, 0.2) is 35.3 Å². The lowest BCUT2D eigenvalue weighted by atomic mass is 9.96. The number of hydrogen-bond acceptors (Lipinski definition) is 3. The smallest absolute Gasteiger partial charge is 0.193 e. The SMILES string of the molecule is CCNC(=NCCCCN(C)c1ccccc1)N(C)CCC1CCOCC1.I. The number of anilines is 1. The molecule has 28 heavy (non-hydrogen) atoms. The van der Waals surface area contributed by atoms with Crippen molar-refractivity contribution in [3.63, 3.8) is 0 Å². The first kappa shape index (κ1) is 25.0. The van der Waals surface area contributed by atoms with Gasteiger partial charge in [0, 0.05) is 59.2 Å². The number of para-hydroxylation sites is 1. The van der Waals surface area contributed by atoms with Crippen molar-refractivity contribution in [1.29, 1.82) is 0 Å². The minimum absolute atomic E-state index is 0. The molecule has 2 rings (SSSR count). The Morgan fingerprint density at radius 1 is 1.11 bits per heavy atom. The summed E-state index contributed by atoms with van der Waals surface area (Å²) in [4.78, 5) is 9.44. The molecule has 0 unspecified atom stereocenters. The Labute approximate surface area is 188 Å². The van der Waals surface area contributed by atoms with Gasteiger partial charge in [0.05, 0.1) is 0 Å². The Morgan fingerprint density at radius 2 is 1.82 bits per heavy atom. The van der Waals surface area contributed by atoms with Gasteiger partial charge in [-0.05, 0) is 57.1 Å². The molecule has 1 aliphatic rings. The average molecular weight is 502 g/mol. The molecule has 0 spiro atoms. The second-order valence-electron chi connectivity index (χ2n) is 7.47. The maximum absolute atomic E-state index is 5.46. The number of ether oxygens (including phenoxy) is 1. The van der Waals surface area contributed by atoms with E-state index in [4.69, 9.17) is 9.73 Å². The zero-order valence-corrected chi connectivity index (χ0v) is 20.2. The molecule has 1 aromatic carbocycles. The zero-order chi connectivity index (χ0) is 19.3. The van der Waals surface area contributed by atoms with Gasteiger partial charge < -0.3 is 19.9 Å². The summed E-state index contributed by atoms with van der Waals surface area (Å²) in [7, 11) is 4.32. The van der Waals surface area contributed by atoms with Gasteiger partial charge in [0.25, 0.3) is 0 Å². The van der Waals surface area contributed by atoms with Crippen molar-refractivity contribution in [1.82, 2.24) is 10.2 Å². The molecule has 0 atom stereocenters. The standard InChI is InChI=1S/C22H38N4O.HI/c1-4-23-22(26(3)17-12-20-13-18-27-19-14-20)24-15-8-9-16-25(2)21-10-6-5-7-11-21;/h5-7,10-11,20H,4,8-9,12-19H2,1-3H3,(H,23,24);1H. The van der Waals surface area contributed by atoms with Gasteiger partial charge in [0.1, 0.15) is 0 Å². The van der Waals surface area contributed by atoms with Crippen LogP contribution in [0, 0.1) is 5.92 Å². The van der Waals surface area contributed by atoms with Gasteiger partial charge in [-0.1, -0.05) is 18.2 Å². The molecule has 0 bridgehead atoms. The van der Waals surface area contributed by atoms with Crippen molar-refractivity contribution in [2.24, 2.45) is 10.9 Å². The highest BCUT2D eigenvalue weighted by atomic mass is 127. The number of aliphatic imine (C=N–C) groups is 1. The van der Waals surface area contributed by atoms with Gasteiger partial charge in [0.2, 0.25) is 0 Å². The Morgan fingerprint density at radius 3 is 2.50 bits per heavy atom. The Balaban J connectivity index is 0.00000392. The molecule has 1 saturated heterocycles. The third-order valence-electron chi connectivity index (χ3n) is 5.27. The summed E-state index contributed by atoms with van der Waals surface area (Å²) in [5.74, 6) is 1.85. The van der Waals surface area contributed by atoms with E-state index in [2.05, 4.69) is 66.5 Å². The van der Waals surface area contributed by atoms with Crippen LogP contribution in [0.1, 0.15) is 39.0 Å². The monoisotopic (exact) mass is 502 g/mol. The van der Waals surface area contributed by atoms with Crippen LogP contribution in [0.2, 0.25) is 0 Å². The van der Waals surface area contributed by atoms with Crippen molar-refractivity contribution in [3.8, 4) is 0 Å². The fourth-order valence-electron chi connectivity index (χ4n) is 3.44. The molecule has 1 aromatic rings. The van der Waals surface area contributed by atoms with E-state index in [1.807, 2.05) is 0 Å². The first-order valence-electron chi connectivity index (χ1n) is 10.5. The predicted molar refractivity (Wildman–Crippen MR) is 131 cm³/mol. The minimum atomic E-state index is 0. The number of unbranched alkanes of at least 4 members (excludes halogenated alkanes) is 1. The molecule has 1 heterocycles. The highest BCUT2D eigenvalue weighted by molar-refractivity contribution is 14.0. The Bertz CT molecular complexity index is 535. The molecule has 1 N–H and O–H groups in total. The van der Waals surface area contributed by atoms with Gasteiger partial charge in [0.15, 0.2) is 5.96 Å². The molecule has 5 nitrogen and oxygen atoms in total. The summed E-state index contributed by atoms with van der Waals surface area (Å²) >= 11 is 0. The quantitative estimate of drug-likeness (QED) is 0.225. The molecule has 0 amide bonds. The van der Waals surface area contributed by atoms with E-state index in [0.29, 0.717) is 0 Å². The second kappa shape index (κ2) is 14.9. The van der Waals surface area contributed by atoms with Crippen molar-refractivity contribution in [3.05, 3.63) is 30.3 Å². The number of nitrogens with one attached hydrogen (secondary N) is 1. The highest BCUT2D eigenvalue weighted by Gasteiger charge is 2.15. The van der Waals surface area contributed by atoms with E-state index >= 15 is 0 Å². The van der Waals surface area contributed by atoms with Crippen LogP contribution in [0.4, 0.5) is 5.69 Å². The van der Waals surface area contributed by atoms with Gasteiger partial charge in [-0.2, -0.15) is 0 Å². The number of rotatable bonds is 10. The first-order chi connectivity index (χ1) is 13.2. The van der Waals surface area contributed by atoms with E-state index in [0.717, 1.165) is 64.1 Å². The highest BCUT2D eigenvalue weighted by Crippen LogP contribution is 2.18. The number of guanidine groups is 1. The number of benzene rings is 1. The zero-order valence-electron chi connectivity index (χ0n) is 17.9. The van der Waals surface area contributed by atoms with Crippen molar-refractivity contribution < 1.29 is 4.74 Å². The summed E-state index contributed by atoms with van der Waals surface area (Å²) in [6, 6.07) is 10.6. The van der Waals surface area contributed by atoms with Gasteiger partial charge >= 0.3 is 0 Å². The van der Waals surface area contributed by atoms with E-state index in [1.165, 1.54) is 24.9 Å². The lowest BCUT2D eigenvalue weighted by molar-refractivity contribution is 0.0625. The Hall–Kier alpha value is -1.02. The topological polar surface area (TPSA) is 40.1 Å². The normalized spacial score (nSPS) is 15.0. The fourth-order valence-corrected chi connectivity index (χ4v) is 3.44. The number of halogens is 1. The van der Waals surface area contributed by atoms with Gasteiger partial charge in [-0.25, -0.2) is 0 Å². The number of hydrogen-bond donors (Lipinski definition) is 1. The van der Waals surface area contributed by atoms with Crippen LogP contribution < -0.4 is 10.2 Å². The van der Waals surface area contributed by atoms with Crippen LogP contribution in [0.3, 0.4) is 0 Å². The van der Waals surface area contributed by atoms with Crippen LogP contribution in [-0.4, -0.2) is 64.3 Å². The molecule has 1 aliphatic heterocycles. The molecule has 0 aromatic heterocycles. The van der Waals surface area contributed by atoms with Gasteiger partial charge in [-0.3, -0.25) is 4.99 Å². The van der Waals surface area contributed by atoms with E-state index in [1.54, 1.807) is 0 Å². The molecule has 0 saturated carbocycles. The van der Waals surface area contributed by atoms with Crippen molar-refractivity contribution in [2.75, 3.05) is 58.4 Å². The number of nitrogens with zero attached hydrogens (tertiary/aromatic N) is 3. The third-order valence-corrected chi connectivity index (χ3v) is 5.27. The molecular weight excluding hydrogens is 463 g/mol. The van der Waals surface area contributed by atoms with Crippen LogP contribution in [0.5, 0.6) is 0 Å². The molecule has 0 aliphatic carbocycles. The minimum Gasteiger partial charge on any atom is -0.381 e. The largest absolute Gasteiger partial charge is 0.381 e. The van der Waals surface area contributed by atoms with E-state index in [-0.39, 0.29) is 24.0 Å². The third kappa shape index (κ3) is 9.45. The molecule has 6 heteroatoms. The first-order valence-corrected chi connectivity index (χ1v) is 10.5. The van der Waals surface area contributed by atoms with E-state index in [9.17, 15) is 0 Å². The summed E-state index contributed by atoms with van der Waals surface area (Å²) in [5.41, 5.74) is 1.28. The predicted octanol–water partition coefficient (Wildman–Crippen LogP) is 4.24. The van der Waals surface area contributed by atoms with E-state index < -0.39 is 0 Å². The Kier molecular flexibility index (Phi) is 13.3. The maximum atomic E-state index is 5.46. The lowest BCUT2D eigenvalue weighted by Gasteiger charge is -2.27. The fraction of sp³-hybridized carbons (Fsp3) is 0.682. The molecular formula is C22H39IN4O.